The summed E-state index contributed by atoms with van der Waals surface area (Å²) < 4.78 is 4.74. The van der Waals surface area contributed by atoms with E-state index in [1.54, 1.807) is 6.92 Å². The largest absolute Gasteiger partial charge is 0.480 e. The Morgan fingerprint density at radius 2 is 2.22 bits per heavy atom. The quantitative estimate of drug-likeness (QED) is 0.833. The van der Waals surface area contributed by atoms with Crippen LogP contribution in [0.1, 0.15) is 36.3 Å². The predicted octanol–water partition coefficient (Wildman–Crippen LogP) is 0.703. The van der Waals surface area contributed by atoms with Gasteiger partial charge < -0.3 is 14.5 Å². The second-order valence-corrected chi connectivity index (χ2v) is 4.62. The minimum absolute atomic E-state index is 0.0756. The highest BCUT2D eigenvalue weighted by atomic mass is 16.5. The molecule has 2 unspecified atom stereocenters. The summed E-state index contributed by atoms with van der Waals surface area (Å²) in [7, 11) is 0. The van der Waals surface area contributed by atoms with Gasteiger partial charge in [-0.15, -0.1) is 0 Å². The molecule has 0 spiro atoms. The van der Waals surface area contributed by atoms with E-state index in [4.69, 9.17) is 9.63 Å². The lowest BCUT2D eigenvalue weighted by atomic mass is 9.92. The zero-order chi connectivity index (χ0) is 13.3. The van der Waals surface area contributed by atoms with E-state index in [1.807, 2.05) is 6.92 Å². The molecule has 0 radical (unpaired) electrons. The number of aryl methyl sites for hydroxylation is 1. The Morgan fingerprint density at radius 1 is 1.50 bits per heavy atom. The molecule has 1 N–H and O–H groups in total. The summed E-state index contributed by atoms with van der Waals surface area (Å²) in [6.07, 6.45) is 1.24. The fraction of sp³-hybridized carbons (Fsp3) is 0.636. The number of aliphatic carboxylic acids is 1. The monoisotopic (exact) mass is 253 g/mol. The molecule has 0 aromatic carbocycles. The molecule has 0 saturated carbocycles. The fourth-order valence-electron chi connectivity index (χ4n) is 2.13. The smallest absolute Gasteiger partial charge is 0.326 e. The van der Waals surface area contributed by atoms with E-state index >= 15 is 0 Å². The molecule has 1 aromatic rings. The summed E-state index contributed by atoms with van der Waals surface area (Å²) >= 11 is 0. The van der Waals surface area contributed by atoms with Crippen molar-refractivity contribution in [3.63, 3.8) is 0 Å². The Bertz CT molecular complexity index is 471. The van der Waals surface area contributed by atoms with Gasteiger partial charge in [-0.05, 0) is 18.8 Å². The molecule has 0 bridgehead atoms. The van der Waals surface area contributed by atoms with Gasteiger partial charge in [-0.25, -0.2) is 4.79 Å². The average molecular weight is 253 g/mol. The highest BCUT2D eigenvalue weighted by Gasteiger charge is 2.36. The van der Waals surface area contributed by atoms with Crippen LogP contribution in [0.25, 0.3) is 0 Å². The first kappa shape index (κ1) is 12.5. The number of carboxylic acid groups (broad SMARTS) is 1. The zero-order valence-corrected chi connectivity index (χ0v) is 10.3. The molecule has 18 heavy (non-hydrogen) atoms. The van der Waals surface area contributed by atoms with Gasteiger partial charge in [-0.3, -0.25) is 4.79 Å². The third-order valence-electron chi connectivity index (χ3n) is 3.13. The molecule has 1 aliphatic rings. The maximum Gasteiger partial charge on any atom is 0.326 e. The number of rotatable bonds is 2. The highest BCUT2D eigenvalue weighted by molar-refractivity contribution is 5.93. The molecular weight excluding hydrogens is 238 g/mol. The fourth-order valence-corrected chi connectivity index (χ4v) is 2.13. The van der Waals surface area contributed by atoms with Crippen LogP contribution in [0.2, 0.25) is 0 Å². The molecule has 0 aliphatic carbocycles. The molecule has 1 aromatic heterocycles. The predicted molar refractivity (Wildman–Crippen MR) is 59.9 cm³/mol. The van der Waals surface area contributed by atoms with Gasteiger partial charge in [0.15, 0.2) is 0 Å². The first-order chi connectivity index (χ1) is 8.49. The minimum Gasteiger partial charge on any atom is -0.480 e. The van der Waals surface area contributed by atoms with Crippen molar-refractivity contribution in [2.75, 3.05) is 6.54 Å². The molecule has 1 saturated heterocycles. The van der Waals surface area contributed by atoms with Gasteiger partial charge in [-0.1, -0.05) is 12.1 Å². The first-order valence-corrected chi connectivity index (χ1v) is 5.83. The highest BCUT2D eigenvalue weighted by Crippen LogP contribution is 2.23. The molecule has 1 fully saturated rings. The van der Waals surface area contributed by atoms with Gasteiger partial charge in [0, 0.05) is 13.5 Å². The third-order valence-corrected chi connectivity index (χ3v) is 3.13. The number of piperidine rings is 1. The summed E-state index contributed by atoms with van der Waals surface area (Å²) in [6.45, 7) is 3.97. The van der Waals surface area contributed by atoms with Crippen LogP contribution in [-0.2, 0) is 4.79 Å². The molecule has 2 heterocycles. The Morgan fingerprint density at radius 3 is 2.78 bits per heavy atom. The summed E-state index contributed by atoms with van der Waals surface area (Å²) in [5, 5.41) is 12.7. The minimum atomic E-state index is -0.991. The SMILES string of the molecule is Cc1nc(C(=O)N2CCC(C)CC2C(=O)O)no1. The molecule has 98 valence electrons. The normalized spacial score (nSPS) is 24.0. The van der Waals surface area contributed by atoms with E-state index in [-0.39, 0.29) is 11.7 Å². The second kappa shape index (κ2) is 4.75. The van der Waals surface area contributed by atoms with Crippen molar-refractivity contribution >= 4 is 11.9 Å². The Hall–Kier alpha value is -1.92. The molecule has 2 rings (SSSR count). The van der Waals surface area contributed by atoms with Crippen LogP contribution in [-0.4, -0.2) is 44.6 Å². The molecule has 1 amide bonds. The van der Waals surface area contributed by atoms with Crippen molar-refractivity contribution in [3.05, 3.63) is 11.7 Å². The van der Waals surface area contributed by atoms with E-state index < -0.39 is 17.9 Å². The van der Waals surface area contributed by atoms with Gasteiger partial charge in [0.1, 0.15) is 6.04 Å². The van der Waals surface area contributed by atoms with Crippen molar-refractivity contribution in [2.45, 2.75) is 32.7 Å². The van der Waals surface area contributed by atoms with Gasteiger partial charge in [0.2, 0.25) is 5.89 Å². The Labute approximate surface area is 104 Å². The lowest BCUT2D eigenvalue weighted by molar-refractivity contribution is -0.144. The van der Waals surface area contributed by atoms with Gasteiger partial charge >= 0.3 is 5.97 Å². The van der Waals surface area contributed by atoms with E-state index in [0.29, 0.717) is 18.9 Å². The standard InChI is InChI=1S/C11H15N3O4/c1-6-3-4-14(8(5-6)11(16)17)10(15)9-12-7(2)18-13-9/h6,8H,3-5H2,1-2H3,(H,16,17). The number of carboxylic acids is 1. The molecule has 2 atom stereocenters. The summed E-state index contributed by atoms with van der Waals surface area (Å²) in [4.78, 5) is 28.5. The van der Waals surface area contributed by atoms with Crippen LogP contribution < -0.4 is 0 Å². The third kappa shape index (κ3) is 2.34. The number of hydrogen-bond donors (Lipinski definition) is 1. The summed E-state index contributed by atoms with van der Waals surface area (Å²) in [6, 6.07) is -0.806. The Balaban J connectivity index is 2.20. The number of carbonyl (C=O) groups is 2. The lowest BCUT2D eigenvalue weighted by Crippen LogP contribution is -2.50. The topological polar surface area (TPSA) is 96.5 Å². The van der Waals surface area contributed by atoms with Gasteiger partial charge in [0.25, 0.3) is 11.7 Å². The molecule has 7 heteroatoms. The average Bonchev–Trinajstić information content (AvgIpc) is 2.75. The number of carbonyl (C=O) groups excluding carboxylic acids is 1. The van der Waals surface area contributed by atoms with Crippen molar-refractivity contribution in [3.8, 4) is 0 Å². The number of amides is 1. The van der Waals surface area contributed by atoms with E-state index in [0.717, 1.165) is 6.42 Å². The lowest BCUT2D eigenvalue weighted by Gasteiger charge is -2.35. The van der Waals surface area contributed by atoms with Gasteiger partial charge in [-0.2, -0.15) is 4.98 Å². The number of aromatic nitrogens is 2. The van der Waals surface area contributed by atoms with Crippen LogP contribution >= 0.6 is 0 Å². The second-order valence-electron chi connectivity index (χ2n) is 4.62. The first-order valence-electron chi connectivity index (χ1n) is 5.83. The van der Waals surface area contributed by atoms with Crippen LogP contribution in [0.5, 0.6) is 0 Å². The van der Waals surface area contributed by atoms with Crippen LogP contribution in [0.3, 0.4) is 0 Å². The summed E-state index contributed by atoms with van der Waals surface area (Å²) in [5.74, 6) is -0.965. The molecule has 7 nitrogen and oxygen atoms in total. The number of likely N-dealkylation sites (tertiary alicyclic amines) is 1. The molecular formula is C11H15N3O4. The zero-order valence-electron chi connectivity index (χ0n) is 10.3. The van der Waals surface area contributed by atoms with Crippen LogP contribution in [0, 0.1) is 12.8 Å². The van der Waals surface area contributed by atoms with E-state index in [9.17, 15) is 9.59 Å². The van der Waals surface area contributed by atoms with Crippen molar-refractivity contribution in [1.82, 2.24) is 15.0 Å². The Kier molecular flexibility index (Phi) is 3.31. The van der Waals surface area contributed by atoms with Crippen molar-refractivity contribution in [2.24, 2.45) is 5.92 Å². The maximum atomic E-state index is 12.1. The van der Waals surface area contributed by atoms with Crippen LogP contribution in [0.4, 0.5) is 0 Å². The van der Waals surface area contributed by atoms with E-state index in [1.165, 1.54) is 4.90 Å². The van der Waals surface area contributed by atoms with E-state index in [2.05, 4.69) is 10.1 Å². The van der Waals surface area contributed by atoms with Gasteiger partial charge in [0.05, 0.1) is 0 Å². The van der Waals surface area contributed by atoms with Crippen LogP contribution in [0.15, 0.2) is 4.52 Å². The molecule has 1 aliphatic heterocycles. The maximum absolute atomic E-state index is 12.1. The van der Waals surface area contributed by atoms with Crippen molar-refractivity contribution < 1.29 is 19.2 Å². The number of nitrogens with zero attached hydrogens (tertiary/aromatic N) is 3. The summed E-state index contributed by atoms with van der Waals surface area (Å²) in [5.41, 5.74) is 0. The van der Waals surface area contributed by atoms with Crippen molar-refractivity contribution in [1.29, 1.82) is 0 Å². The number of hydrogen-bond acceptors (Lipinski definition) is 5.